The van der Waals surface area contributed by atoms with Crippen LogP contribution in [0.4, 0.5) is 5.69 Å². The van der Waals surface area contributed by atoms with Crippen molar-refractivity contribution in [1.82, 2.24) is 31.3 Å². The second-order valence-corrected chi connectivity index (χ2v) is 8.84. The molecule has 3 N–H and O–H groups in total. The summed E-state index contributed by atoms with van der Waals surface area (Å²) in [6, 6.07) is 7.09. The molecule has 4 rings (SSSR count). The molecule has 2 heterocycles. The van der Waals surface area contributed by atoms with E-state index in [9.17, 15) is 9.59 Å². The van der Waals surface area contributed by atoms with Gasteiger partial charge in [-0.3, -0.25) is 9.59 Å². The molecule has 1 aliphatic heterocycles. The molecule has 0 unspecified atom stereocenters. The summed E-state index contributed by atoms with van der Waals surface area (Å²) in [5, 5.41) is 20.5. The van der Waals surface area contributed by atoms with Crippen molar-refractivity contribution in [2.45, 2.75) is 76.3 Å². The third kappa shape index (κ3) is 5.26. The Labute approximate surface area is 188 Å². The molecule has 0 bridgehead atoms. The highest BCUT2D eigenvalue weighted by atomic mass is 16.2. The first-order valence-corrected chi connectivity index (χ1v) is 11.8. The lowest BCUT2D eigenvalue weighted by Gasteiger charge is -2.24. The van der Waals surface area contributed by atoms with Gasteiger partial charge in [-0.15, -0.1) is 10.2 Å². The normalized spacial score (nSPS) is 21.5. The fraction of sp³-hybridized carbons (Fsp3) is 0.609. The zero-order valence-electron chi connectivity index (χ0n) is 18.7. The van der Waals surface area contributed by atoms with E-state index in [-0.39, 0.29) is 23.8 Å². The average Bonchev–Trinajstić information content (AvgIpc) is 3.58. The maximum atomic E-state index is 13.2. The molecule has 3 atom stereocenters. The predicted molar refractivity (Wildman–Crippen MR) is 121 cm³/mol. The molecule has 2 aliphatic rings. The van der Waals surface area contributed by atoms with E-state index in [4.69, 9.17) is 0 Å². The molecule has 32 heavy (non-hydrogen) atoms. The third-order valence-corrected chi connectivity index (χ3v) is 6.58. The standard InChI is InChI=1S/C23H33N7O2/c1-2-3-11-20(23(32)24-19-12-7-10-18(19)21-26-28-29-27-21)25-22(31)16-8-6-9-17(15-16)30-13-4-5-14-30/h6,8-9,15,18-20H,2-5,7,10-14H2,1H3,(H,24,32)(H,25,31)(H,26,27,28,29)/t18-,19+,20+/m1/s1. The molecule has 1 aliphatic carbocycles. The Balaban J connectivity index is 1.42. The minimum atomic E-state index is -0.565. The molecule has 172 valence electrons. The molecule has 2 amide bonds. The minimum Gasteiger partial charge on any atom is -0.372 e. The van der Waals surface area contributed by atoms with Crippen LogP contribution >= 0.6 is 0 Å². The van der Waals surface area contributed by atoms with Crippen LogP contribution in [0, 0.1) is 0 Å². The van der Waals surface area contributed by atoms with Crippen LogP contribution in [0.2, 0.25) is 0 Å². The molecule has 1 aromatic heterocycles. The minimum absolute atomic E-state index is 0.0420. The van der Waals surface area contributed by atoms with Crippen molar-refractivity contribution >= 4 is 17.5 Å². The van der Waals surface area contributed by atoms with Crippen molar-refractivity contribution in [3.05, 3.63) is 35.7 Å². The number of benzene rings is 1. The molecule has 9 heteroatoms. The van der Waals surface area contributed by atoms with E-state index in [0.717, 1.165) is 50.9 Å². The van der Waals surface area contributed by atoms with E-state index in [1.807, 2.05) is 24.3 Å². The number of anilines is 1. The van der Waals surface area contributed by atoms with Crippen LogP contribution in [0.15, 0.2) is 24.3 Å². The van der Waals surface area contributed by atoms with E-state index in [1.165, 1.54) is 12.8 Å². The van der Waals surface area contributed by atoms with E-state index < -0.39 is 6.04 Å². The Kier molecular flexibility index (Phi) is 7.34. The van der Waals surface area contributed by atoms with Crippen LogP contribution in [0.3, 0.4) is 0 Å². The average molecular weight is 440 g/mol. The highest BCUT2D eigenvalue weighted by molar-refractivity contribution is 5.98. The van der Waals surface area contributed by atoms with Gasteiger partial charge in [-0.25, -0.2) is 0 Å². The van der Waals surface area contributed by atoms with Gasteiger partial charge in [-0.1, -0.05) is 37.5 Å². The van der Waals surface area contributed by atoms with Crippen molar-refractivity contribution < 1.29 is 9.59 Å². The third-order valence-electron chi connectivity index (χ3n) is 6.58. The summed E-state index contributed by atoms with van der Waals surface area (Å²) in [4.78, 5) is 28.5. The largest absolute Gasteiger partial charge is 0.372 e. The van der Waals surface area contributed by atoms with Gasteiger partial charge in [0.25, 0.3) is 5.91 Å². The topological polar surface area (TPSA) is 116 Å². The summed E-state index contributed by atoms with van der Waals surface area (Å²) in [7, 11) is 0. The number of hydrogen-bond acceptors (Lipinski definition) is 6. The lowest BCUT2D eigenvalue weighted by atomic mass is 10.0. The Bertz CT molecular complexity index is 896. The lowest BCUT2D eigenvalue weighted by molar-refractivity contribution is -0.124. The molecule has 0 spiro atoms. The van der Waals surface area contributed by atoms with Gasteiger partial charge in [-0.05, 0) is 50.3 Å². The highest BCUT2D eigenvalue weighted by Gasteiger charge is 2.34. The van der Waals surface area contributed by atoms with Crippen LogP contribution in [0.25, 0.3) is 0 Å². The van der Waals surface area contributed by atoms with E-state index in [0.29, 0.717) is 17.8 Å². The number of nitrogens with one attached hydrogen (secondary N) is 3. The van der Waals surface area contributed by atoms with Crippen LogP contribution in [-0.2, 0) is 4.79 Å². The van der Waals surface area contributed by atoms with Gasteiger partial charge in [0.2, 0.25) is 5.91 Å². The molecule has 1 aromatic carbocycles. The zero-order valence-corrected chi connectivity index (χ0v) is 18.7. The second kappa shape index (κ2) is 10.6. The number of carbonyl (C=O) groups is 2. The number of aromatic nitrogens is 4. The Morgan fingerprint density at radius 2 is 2.06 bits per heavy atom. The fourth-order valence-electron chi connectivity index (χ4n) is 4.79. The first-order valence-electron chi connectivity index (χ1n) is 11.8. The van der Waals surface area contributed by atoms with E-state index >= 15 is 0 Å². The first kappa shape index (κ1) is 22.2. The number of aromatic amines is 1. The van der Waals surface area contributed by atoms with Crippen LogP contribution in [0.1, 0.15) is 80.4 Å². The number of H-pyrrole nitrogens is 1. The lowest BCUT2D eigenvalue weighted by Crippen LogP contribution is -2.50. The summed E-state index contributed by atoms with van der Waals surface area (Å²) in [6.45, 7) is 4.13. The van der Waals surface area contributed by atoms with Crippen molar-refractivity contribution in [2.75, 3.05) is 18.0 Å². The molecule has 0 radical (unpaired) electrons. The van der Waals surface area contributed by atoms with Gasteiger partial charge in [0, 0.05) is 36.3 Å². The van der Waals surface area contributed by atoms with Gasteiger partial charge in [0.05, 0.1) is 0 Å². The highest BCUT2D eigenvalue weighted by Crippen LogP contribution is 2.32. The number of amides is 2. The van der Waals surface area contributed by atoms with E-state index in [2.05, 4.69) is 43.1 Å². The molecule has 2 fully saturated rings. The SMILES string of the molecule is CCCC[C@H](NC(=O)c1cccc(N2CCCC2)c1)C(=O)N[C@H]1CCC[C@H]1c1nn[nH]n1. The van der Waals surface area contributed by atoms with Gasteiger partial charge in [0.1, 0.15) is 6.04 Å². The number of carbonyl (C=O) groups excluding carboxylic acids is 2. The number of unbranched alkanes of at least 4 members (excludes halogenated alkanes) is 1. The smallest absolute Gasteiger partial charge is 0.252 e. The van der Waals surface area contributed by atoms with Crippen molar-refractivity contribution in [3.63, 3.8) is 0 Å². The molecule has 9 nitrogen and oxygen atoms in total. The maximum absolute atomic E-state index is 13.2. The van der Waals surface area contributed by atoms with Crippen LogP contribution in [-0.4, -0.2) is 57.6 Å². The van der Waals surface area contributed by atoms with Gasteiger partial charge in [0.15, 0.2) is 5.82 Å². The fourth-order valence-corrected chi connectivity index (χ4v) is 4.79. The Hall–Kier alpha value is -2.97. The van der Waals surface area contributed by atoms with Crippen LogP contribution in [0.5, 0.6) is 0 Å². The Morgan fingerprint density at radius 1 is 1.22 bits per heavy atom. The Morgan fingerprint density at radius 3 is 2.81 bits per heavy atom. The predicted octanol–water partition coefficient (Wildman–Crippen LogP) is 2.54. The summed E-state index contributed by atoms with van der Waals surface area (Å²) in [6.07, 6.45) is 7.59. The first-order chi connectivity index (χ1) is 15.7. The van der Waals surface area contributed by atoms with Crippen molar-refractivity contribution in [3.8, 4) is 0 Å². The summed E-state index contributed by atoms with van der Waals surface area (Å²) < 4.78 is 0. The molecular weight excluding hydrogens is 406 g/mol. The number of nitrogens with zero attached hydrogens (tertiary/aromatic N) is 4. The second-order valence-electron chi connectivity index (χ2n) is 8.84. The molecule has 1 saturated heterocycles. The quantitative estimate of drug-likeness (QED) is 0.553. The zero-order chi connectivity index (χ0) is 22.3. The maximum Gasteiger partial charge on any atom is 0.252 e. The van der Waals surface area contributed by atoms with Gasteiger partial charge >= 0.3 is 0 Å². The number of rotatable bonds is 9. The van der Waals surface area contributed by atoms with E-state index in [1.54, 1.807) is 0 Å². The monoisotopic (exact) mass is 439 g/mol. The molecule has 2 aromatic rings. The van der Waals surface area contributed by atoms with Crippen molar-refractivity contribution in [2.24, 2.45) is 0 Å². The van der Waals surface area contributed by atoms with Gasteiger partial charge in [-0.2, -0.15) is 5.21 Å². The summed E-state index contributed by atoms with van der Waals surface area (Å²) in [5.74, 6) is 0.351. The summed E-state index contributed by atoms with van der Waals surface area (Å²) >= 11 is 0. The van der Waals surface area contributed by atoms with Crippen molar-refractivity contribution in [1.29, 1.82) is 0 Å². The number of tetrazole rings is 1. The molecular formula is C23H33N7O2. The summed E-state index contributed by atoms with van der Waals surface area (Å²) in [5.41, 5.74) is 1.66. The number of hydrogen-bond donors (Lipinski definition) is 3. The van der Waals surface area contributed by atoms with Crippen LogP contribution < -0.4 is 15.5 Å². The van der Waals surface area contributed by atoms with Gasteiger partial charge < -0.3 is 15.5 Å². The molecule has 1 saturated carbocycles.